The fourth-order valence-electron chi connectivity index (χ4n) is 3.66. The van der Waals surface area contributed by atoms with Gasteiger partial charge in [-0.25, -0.2) is 0 Å². The summed E-state index contributed by atoms with van der Waals surface area (Å²) in [5.74, 6) is 0.0401. The van der Waals surface area contributed by atoms with E-state index in [1.54, 1.807) is 11.0 Å². The van der Waals surface area contributed by atoms with Gasteiger partial charge in [0.25, 0.3) is 5.91 Å². The van der Waals surface area contributed by atoms with Crippen LogP contribution < -0.4 is 4.90 Å². The Hall–Kier alpha value is -2.76. The molecule has 1 saturated heterocycles. The number of hydrogen-bond donors (Lipinski definition) is 0. The minimum atomic E-state index is -0.0761. The Morgan fingerprint density at radius 3 is 2.46 bits per heavy atom. The number of amides is 2. The van der Waals surface area contributed by atoms with E-state index in [2.05, 4.69) is 30.0 Å². The van der Waals surface area contributed by atoms with Crippen molar-refractivity contribution in [2.45, 2.75) is 26.7 Å². The van der Waals surface area contributed by atoms with Crippen molar-refractivity contribution < 1.29 is 14.0 Å². The number of piperazine rings is 1. The van der Waals surface area contributed by atoms with Crippen molar-refractivity contribution in [3.05, 3.63) is 54.0 Å². The molecule has 0 N–H and O–H groups in total. The molecule has 1 aliphatic rings. The zero-order valence-corrected chi connectivity index (χ0v) is 16.8. The van der Waals surface area contributed by atoms with E-state index in [-0.39, 0.29) is 11.8 Å². The average molecular weight is 383 g/mol. The minimum Gasteiger partial charge on any atom is -0.472 e. The molecule has 28 heavy (non-hydrogen) atoms. The SMILES string of the molecule is CCCN(CCC(=O)N1CCN(c2ccccc2C)CC1)C(=O)c1ccoc1. The van der Waals surface area contributed by atoms with Crippen LogP contribution in [0.25, 0.3) is 0 Å². The average Bonchev–Trinajstić information content (AvgIpc) is 3.26. The summed E-state index contributed by atoms with van der Waals surface area (Å²) in [6, 6.07) is 10.0. The maximum absolute atomic E-state index is 12.7. The van der Waals surface area contributed by atoms with Crippen molar-refractivity contribution in [1.82, 2.24) is 9.80 Å². The van der Waals surface area contributed by atoms with Gasteiger partial charge in [0.15, 0.2) is 0 Å². The molecule has 2 aromatic rings. The van der Waals surface area contributed by atoms with Gasteiger partial charge in [-0.2, -0.15) is 0 Å². The van der Waals surface area contributed by atoms with E-state index in [1.165, 1.54) is 23.8 Å². The minimum absolute atomic E-state index is 0.0761. The Labute approximate surface area is 166 Å². The molecule has 1 aliphatic heterocycles. The molecule has 0 bridgehead atoms. The summed E-state index contributed by atoms with van der Waals surface area (Å²) in [6.45, 7) is 8.33. The van der Waals surface area contributed by atoms with Gasteiger partial charge in [0.2, 0.25) is 5.91 Å². The zero-order valence-electron chi connectivity index (χ0n) is 16.8. The number of carbonyl (C=O) groups is 2. The molecule has 2 amide bonds. The molecule has 2 heterocycles. The largest absolute Gasteiger partial charge is 0.472 e. The van der Waals surface area contributed by atoms with Crippen LogP contribution in [0.1, 0.15) is 35.7 Å². The topological polar surface area (TPSA) is 57.0 Å². The Balaban J connectivity index is 1.51. The highest BCUT2D eigenvalue weighted by atomic mass is 16.3. The first-order valence-corrected chi connectivity index (χ1v) is 10.00. The molecule has 0 radical (unpaired) electrons. The molecule has 0 unspecified atom stereocenters. The van der Waals surface area contributed by atoms with Gasteiger partial charge in [0, 0.05) is 51.4 Å². The molecule has 1 fully saturated rings. The highest BCUT2D eigenvalue weighted by Gasteiger charge is 2.23. The van der Waals surface area contributed by atoms with Crippen LogP contribution in [0.15, 0.2) is 47.3 Å². The van der Waals surface area contributed by atoms with E-state index in [9.17, 15) is 9.59 Å². The fraction of sp³-hybridized carbons (Fsp3) is 0.455. The smallest absolute Gasteiger partial charge is 0.257 e. The molecule has 1 aromatic heterocycles. The highest BCUT2D eigenvalue weighted by molar-refractivity contribution is 5.94. The molecule has 1 aromatic carbocycles. The van der Waals surface area contributed by atoms with E-state index in [0.717, 1.165) is 32.6 Å². The van der Waals surface area contributed by atoms with Crippen molar-refractivity contribution in [3.8, 4) is 0 Å². The first-order chi connectivity index (χ1) is 13.6. The zero-order chi connectivity index (χ0) is 19.9. The van der Waals surface area contributed by atoms with Crippen LogP contribution in [0.2, 0.25) is 0 Å². The lowest BCUT2D eigenvalue weighted by atomic mass is 10.1. The van der Waals surface area contributed by atoms with Gasteiger partial charge < -0.3 is 19.1 Å². The molecule has 0 saturated carbocycles. The van der Waals surface area contributed by atoms with Crippen LogP contribution in [0.5, 0.6) is 0 Å². The van der Waals surface area contributed by atoms with Gasteiger partial charge in [-0.1, -0.05) is 25.1 Å². The van der Waals surface area contributed by atoms with E-state index >= 15 is 0 Å². The van der Waals surface area contributed by atoms with Crippen molar-refractivity contribution in [2.24, 2.45) is 0 Å². The molecule has 0 aliphatic carbocycles. The number of anilines is 1. The number of benzene rings is 1. The lowest BCUT2D eigenvalue weighted by Gasteiger charge is -2.37. The third-order valence-corrected chi connectivity index (χ3v) is 5.23. The van der Waals surface area contributed by atoms with Crippen molar-refractivity contribution in [3.63, 3.8) is 0 Å². The number of furan rings is 1. The van der Waals surface area contributed by atoms with Crippen LogP contribution in [-0.2, 0) is 4.79 Å². The maximum Gasteiger partial charge on any atom is 0.257 e. The van der Waals surface area contributed by atoms with E-state index in [4.69, 9.17) is 4.42 Å². The number of aryl methyl sites for hydroxylation is 1. The predicted molar refractivity (Wildman–Crippen MR) is 109 cm³/mol. The second-order valence-electron chi connectivity index (χ2n) is 7.21. The number of rotatable bonds is 7. The normalized spacial score (nSPS) is 14.2. The van der Waals surface area contributed by atoms with Gasteiger partial charge in [-0.3, -0.25) is 9.59 Å². The molecule has 150 valence electrons. The van der Waals surface area contributed by atoms with Gasteiger partial charge in [0.1, 0.15) is 6.26 Å². The Kier molecular flexibility index (Phi) is 6.74. The molecular formula is C22H29N3O3. The van der Waals surface area contributed by atoms with Gasteiger partial charge in [-0.05, 0) is 31.0 Å². The van der Waals surface area contributed by atoms with Crippen molar-refractivity contribution >= 4 is 17.5 Å². The lowest BCUT2D eigenvalue weighted by Crippen LogP contribution is -2.49. The summed E-state index contributed by atoms with van der Waals surface area (Å²) < 4.78 is 5.01. The van der Waals surface area contributed by atoms with Crippen LogP contribution in [0, 0.1) is 6.92 Å². The fourth-order valence-corrected chi connectivity index (χ4v) is 3.66. The number of hydrogen-bond acceptors (Lipinski definition) is 4. The van der Waals surface area contributed by atoms with E-state index in [1.807, 2.05) is 17.9 Å². The number of carbonyl (C=O) groups excluding carboxylic acids is 2. The molecular weight excluding hydrogens is 354 g/mol. The summed E-state index contributed by atoms with van der Waals surface area (Å²) in [5, 5.41) is 0. The van der Waals surface area contributed by atoms with Crippen LogP contribution in [-0.4, -0.2) is 60.9 Å². The molecule has 3 rings (SSSR count). The van der Waals surface area contributed by atoms with Crippen LogP contribution in [0.3, 0.4) is 0 Å². The first kappa shape index (κ1) is 20.0. The second kappa shape index (κ2) is 9.44. The molecule has 0 spiro atoms. The number of nitrogens with zero attached hydrogens (tertiary/aromatic N) is 3. The van der Waals surface area contributed by atoms with Gasteiger partial charge in [0.05, 0.1) is 11.8 Å². The Morgan fingerprint density at radius 2 is 1.82 bits per heavy atom. The highest BCUT2D eigenvalue weighted by Crippen LogP contribution is 2.21. The third-order valence-electron chi connectivity index (χ3n) is 5.23. The Bertz CT molecular complexity index is 780. The van der Waals surface area contributed by atoms with Crippen molar-refractivity contribution in [2.75, 3.05) is 44.2 Å². The summed E-state index contributed by atoms with van der Waals surface area (Å²) in [7, 11) is 0. The van der Waals surface area contributed by atoms with Crippen LogP contribution >= 0.6 is 0 Å². The Morgan fingerprint density at radius 1 is 1.07 bits per heavy atom. The van der Waals surface area contributed by atoms with E-state index < -0.39 is 0 Å². The van der Waals surface area contributed by atoms with Gasteiger partial charge >= 0.3 is 0 Å². The maximum atomic E-state index is 12.7. The molecule has 0 atom stereocenters. The number of para-hydroxylation sites is 1. The molecule has 6 nitrogen and oxygen atoms in total. The quantitative estimate of drug-likeness (QED) is 0.737. The van der Waals surface area contributed by atoms with Crippen molar-refractivity contribution in [1.29, 1.82) is 0 Å². The first-order valence-electron chi connectivity index (χ1n) is 10.00. The second-order valence-corrected chi connectivity index (χ2v) is 7.21. The monoisotopic (exact) mass is 383 g/mol. The summed E-state index contributed by atoms with van der Waals surface area (Å²) in [5.41, 5.74) is 3.04. The van der Waals surface area contributed by atoms with Crippen LogP contribution in [0.4, 0.5) is 5.69 Å². The standard InChI is InChI=1S/C22H29N3O3/c1-3-10-25(22(27)19-9-16-28-17-19)11-8-21(26)24-14-12-23(13-15-24)20-7-5-4-6-18(20)2/h4-7,9,16-17H,3,8,10-15H2,1-2H3. The van der Waals surface area contributed by atoms with Gasteiger partial charge in [-0.15, -0.1) is 0 Å². The summed E-state index contributed by atoms with van der Waals surface area (Å²) in [6.07, 6.45) is 4.16. The molecule has 6 heteroatoms. The lowest BCUT2D eigenvalue weighted by molar-refractivity contribution is -0.131. The third kappa shape index (κ3) is 4.74. The summed E-state index contributed by atoms with van der Waals surface area (Å²) >= 11 is 0. The predicted octanol–water partition coefficient (Wildman–Crippen LogP) is 3.18. The summed E-state index contributed by atoms with van der Waals surface area (Å²) in [4.78, 5) is 31.2. The van der Waals surface area contributed by atoms with E-state index in [0.29, 0.717) is 25.1 Å².